The summed E-state index contributed by atoms with van der Waals surface area (Å²) >= 11 is 5.16. The first-order chi connectivity index (χ1) is 8.54. The Morgan fingerprint density at radius 2 is 1.83 bits per heavy atom. The van der Waals surface area contributed by atoms with Gasteiger partial charge in [-0.15, -0.1) is 0 Å². The van der Waals surface area contributed by atoms with E-state index in [0.717, 1.165) is 43.9 Å². The van der Waals surface area contributed by atoms with Crippen LogP contribution in [0.4, 0.5) is 11.4 Å². The Balaban J connectivity index is 2.68. The fourth-order valence-corrected chi connectivity index (χ4v) is 2.35. The molecule has 0 heterocycles. The van der Waals surface area contributed by atoms with Gasteiger partial charge in [0.25, 0.3) is 0 Å². The first-order valence-corrected chi connectivity index (χ1v) is 6.85. The monoisotopic (exact) mass is 269 g/mol. The molecule has 5 heteroatoms. The second kappa shape index (κ2) is 6.85. The molecule has 0 aliphatic rings. The Bertz CT molecular complexity index is 451. The lowest BCUT2D eigenvalue weighted by molar-refractivity contribution is 0.670. The molecule has 1 N–H and O–H groups in total. The molecule has 0 amide bonds. The predicted molar refractivity (Wildman–Crippen MR) is 81.3 cm³/mol. The SMILES string of the molecule is CCN(C)c1c(N(C)CCCCNC)c(=S)c1=O. The van der Waals surface area contributed by atoms with Crippen LogP contribution in [0.1, 0.15) is 19.8 Å². The maximum absolute atomic E-state index is 11.8. The summed E-state index contributed by atoms with van der Waals surface area (Å²) in [5.74, 6) is 0. The van der Waals surface area contributed by atoms with Gasteiger partial charge < -0.3 is 15.1 Å². The molecule has 0 radical (unpaired) electrons. The van der Waals surface area contributed by atoms with Crippen LogP contribution in [0.25, 0.3) is 0 Å². The van der Waals surface area contributed by atoms with E-state index in [-0.39, 0.29) is 5.43 Å². The summed E-state index contributed by atoms with van der Waals surface area (Å²) in [7, 11) is 5.90. The maximum Gasteiger partial charge on any atom is 0.224 e. The van der Waals surface area contributed by atoms with Crippen molar-refractivity contribution in [2.45, 2.75) is 19.8 Å². The van der Waals surface area contributed by atoms with Gasteiger partial charge in [-0.1, -0.05) is 12.2 Å². The Morgan fingerprint density at radius 3 is 2.39 bits per heavy atom. The summed E-state index contributed by atoms with van der Waals surface area (Å²) in [6, 6.07) is 0. The number of nitrogens with zero attached hydrogens (tertiary/aromatic N) is 2. The van der Waals surface area contributed by atoms with Gasteiger partial charge in [-0.25, -0.2) is 0 Å². The average molecular weight is 269 g/mol. The molecule has 0 unspecified atom stereocenters. The van der Waals surface area contributed by atoms with E-state index in [0.29, 0.717) is 4.51 Å². The lowest BCUT2D eigenvalue weighted by Gasteiger charge is -2.29. The molecule has 0 saturated carbocycles. The van der Waals surface area contributed by atoms with Crippen LogP contribution in [0.3, 0.4) is 0 Å². The van der Waals surface area contributed by atoms with Crippen LogP contribution in [0, 0.1) is 4.51 Å². The van der Waals surface area contributed by atoms with Crippen molar-refractivity contribution in [3.63, 3.8) is 0 Å². The summed E-state index contributed by atoms with van der Waals surface area (Å²) in [6.45, 7) is 4.82. The molecule has 1 aromatic rings. The summed E-state index contributed by atoms with van der Waals surface area (Å²) in [4.78, 5) is 15.9. The number of unbranched alkanes of at least 4 members (excludes halogenated alkanes) is 1. The third-order valence-corrected chi connectivity index (χ3v) is 3.65. The number of nitrogens with one attached hydrogen (secondary N) is 1. The highest BCUT2D eigenvalue weighted by atomic mass is 32.1. The van der Waals surface area contributed by atoms with Crippen molar-refractivity contribution in [3.8, 4) is 0 Å². The second-order valence-electron chi connectivity index (χ2n) is 4.60. The molecule has 0 aliphatic carbocycles. The van der Waals surface area contributed by atoms with Crippen LogP contribution in [-0.4, -0.2) is 40.8 Å². The van der Waals surface area contributed by atoms with Crippen molar-refractivity contribution in [2.24, 2.45) is 0 Å². The fourth-order valence-electron chi connectivity index (χ4n) is 2.00. The molecule has 4 nitrogen and oxygen atoms in total. The summed E-state index contributed by atoms with van der Waals surface area (Å²) in [5, 5.41) is 3.13. The van der Waals surface area contributed by atoms with E-state index in [1.165, 1.54) is 0 Å². The molecule has 0 saturated heterocycles. The largest absolute Gasteiger partial charge is 0.372 e. The van der Waals surface area contributed by atoms with Crippen molar-refractivity contribution in [1.82, 2.24) is 5.32 Å². The van der Waals surface area contributed by atoms with Gasteiger partial charge in [0.15, 0.2) is 0 Å². The van der Waals surface area contributed by atoms with Crippen molar-refractivity contribution in [2.75, 3.05) is 50.6 Å². The third kappa shape index (κ3) is 3.09. The lowest BCUT2D eigenvalue weighted by atomic mass is 10.1. The Hall–Kier alpha value is -0.940. The molecule has 1 aromatic carbocycles. The van der Waals surface area contributed by atoms with Crippen molar-refractivity contribution >= 4 is 23.6 Å². The number of rotatable bonds is 8. The fraction of sp³-hybridized carbons (Fsp3) is 0.692. The Kier molecular flexibility index (Phi) is 5.75. The van der Waals surface area contributed by atoms with Crippen molar-refractivity contribution in [1.29, 1.82) is 0 Å². The quantitative estimate of drug-likeness (QED) is 0.572. The molecule has 0 fully saturated rings. The van der Waals surface area contributed by atoms with Gasteiger partial charge in [-0.2, -0.15) is 0 Å². The zero-order chi connectivity index (χ0) is 13.7. The molecule has 0 atom stereocenters. The highest BCUT2D eigenvalue weighted by Gasteiger charge is 2.23. The second-order valence-corrected chi connectivity index (χ2v) is 5.01. The first-order valence-electron chi connectivity index (χ1n) is 6.44. The lowest BCUT2D eigenvalue weighted by Crippen LogP contribution is -2.33. The molecule has 0 bridgehead atoms. The first kappa shape index (κ1) is 15.1. The Labute approximate surface area is 114 Å². The van der Waals surface area contributed by atoms with Gasteiger partial charge in [0.1, 0.15) is 10.2 Å². The van der Waals surface area contributed by atoms with E-state index >= 15 is 0 Å². The molecule has 0 aromatic heterocycles. The van der Waals surface area contributed by atoms with Gasteiger partial charge >= 0.3 is 0 Å². The van der Waals surface area contributed by atoms with E-state index in [4.69, 9.17) is 12.2 Å². The predicted octanol–water partition coefficient (Wildman–Crippen LogP) is 1.54. The zero-order valence-electron chi connectivity index (χ0n) is 11.7. The maximum atomic E-state index is 11.8. The normalized spacial score (nSPS) is 10.9. The highest BCUT2D eigenvalue weighted by molar-refractivity contribution is 7.71. The molecule has 102 valence electrons. The molecule has 0 spiro atoms. The molecule has 18 heavy (non-hydrogen) atoms. The summed E-state index contributed by atoms with van der Waals surface area (Å²) < 4.78 is 0.487. The van der Waals surface area contributed by atoms with E-state index < -0.39 is 0 Å². The van der Waals surface area contributed by atoms with E-state index in [2.05, 4.69) is 10.2 Å². The van der Waals surface area contributed by atoms with Crippen LogP contribution < -0.4 is 20.5 Å². The Morgan fingerprint density at radius 1 is 1.17 bits per heavy atom. The topological polar surface area (TPSA) is 35.6 Å². The average Bonchev–Trinajstić information content (AvgIpc) is 2.38. The van der Waals surface area contributed by atoms with Gasteiger partial charge in [-0.3, -0.25) is 4.79 Å². The van der Waals surface area contributed by atoms with Crippen molar-refractivity contribution < 1.29 is 0 Å². The smallest absolute Gasteiger partial charge is 0.224 e. The van der Waals surface area contributed by atoms with Gasteiger partial charge in [0.05, 0.1) is 5.69 Å². The zero-order valence-corrected chi connectivity index (χ0v) is 12.6. The number of hydrogen-bond acceptors (Lipinski definition) is 5. The van der Waals surface area contributed by atoms with Gasteiger partial charge in [0, 0.05) is 27.2 Å². The minimum absolute atomic E-state index is 0.0198. The summed E-state index contributed by atoms with van der Waals surface area (Å²) in [6.07, 6.45) is 2.23. The van der Waals surface area contributed by atoms with E-state index in [1.54, 1.807) is 0 Å². The molecule has 0 aliphatic heterocycles. The van der Waals surface area contributed by atoms with Crippen LogP contribution in [0.5, 0.6) is 0 Å². The molecular weight excluding hydrogens is 246 g/mol. The number of anilines is 2. The minimum atomic E-state index is 0.0198. The van der Waals surface area contributed by atoms with Crippen molar-refractivity contribution in [3.05, 3.63) is 14.7 Å². The van der Waals surface area contributed by atoms with Crippen LogP contribution in [0.15, 0.2) is 4.79 Å². The van der Waals surface area contributed by atoms with Gasteiger partial charge in [-0.05, 0) is 33.4 Å². The third-order valence-electron chi connectivity index (χ3n) is 3.27. The minimum Gasteiger partial charge on any atom is -0.372 e. The molecule has 1 rings (SSSR count). The summed E-state index contributed by atoms with van der Waals surface area (Å²) in [5.41, 5.74) is 1.74. The van der Waals surface area contributed by atoms with Crippen LogP contribution >= 0.6 is 12.2 Å². The highest BCUT2D eigenvalue weighted by Crippen LogP contribution is 2.29. The van der Waals surface area contributed by atoms with Crippen LogP contribution in [-0.2, 0) is 0 Å². The van der Waals surface area contributed by atoms with E-state index in [9.17, 15) is 4.79 Å². The standard InChI is InChI=1S/C13H23N3OS/c1-5-15(3)10-11(13(18)12(10)17)16(4)9-7-6-8-14-2/h14H,5-9H2,1-4H3. The van der Waals surface area contributed by atoms with Crippen LogP contribution in [0.2, 0.25) is 0 Å². The van der Waals surface area contributed by atoms with E-state index in [1.807, 2.05) is 33.0 Å². The van der Waals surface area contributed by atoms with Gasteiger partial charge in [0.2, 0.25) is 5.43 Å². The molecular formula is C13H23N3OS. The number of hydrogen-bond donors (Lipinski definition) is 1.